The maximum absolute atomic E-state index is 9.28. The van der Waals surface area contributed by atoms with Gasteiger partial charge in [0.15, 0.2) is 0 Å². The maximum atomic E-state index is 9.28. The number of hydrogen-bond donors (Lipinski definition) is 3. The van der Waals surface area contributed by atoms with Crippen molar-refractivity contribution in [1.29, 1.82) is 0 Å². The summed E-state index contributed by atoms with van der Waals surface area (Å²) in [5.41, 5.74) is -0.304. The van der Waals surface area contributed by atoms with Crippen LogP contribution in [-0.2, 0) is 4.52 Å². The molecule has 0 aromatic rings. The van der Waals surface area contributed by atoms with Crippen LogP contribution in [0.3, 0.4) is 0 Å². The first-order chi connectivity index (χ1) is 6.60. The van der Waals surface area contributed by atoms with Gasteiger partial charge in [-0.15, -0.1) is 0 Å². The summed E-state index contributed by atoms with van der Waals surface area (Å²) in [6, 6.07) is 0. The molecule has 0 aliphatic rings. The highest BCUT2D eigenvalue weighted by molar-refractivity contribution is 7.39. The van der Waals surface area contributed by atoms with Gasteiger partial charge >= 0.3 is 8.60 Å². The molecular formula is C9H21O4P. The Morgan fingerprint density at radius 2 is 1.93 bits per heavy atom. The summed E-state index contributed by atoms with van der Waals surface area (Å²) >= 11 is 0. The summed E-state index contributed by atoms with van der Waals surface area (Å²) in [5, 5.41) is 9.28. The van der Waals surface area contributed by atoms with Crippen LogP contribution in [0.25, 0.3) is 0 Å². The highest BCUT2D eigenvalue weighted by atomic mass is 31.2. The van der Waals surface area contributed by atoms with E-state index in [1.54, 1.807) is 0 Å². The van der Waals surface area contributed by atoms with Crippen LogP contribution in [0.1, 0.15) is 39.5 Å². The van der Waals surface area contributed by atoms with Crippen LogP contribution >= 0.6 is 8.60 Å². The van der Waals surface area contributed by atoms with Gasteiger partial charge in [0.25, 0.3) is 0 Å². The third-order valence-electron chi connectivity index (χ3n) is 2.63. The summed E-state index contributed by atoms with van der Waals surface area (Å²) in [5.74, 6) is 0. The zero-order valence-electron chi connectivity index (χ0n) is 8.94. The van der Waals surface area contributed by atoms with Crippen molar-refractivity contribution < 1.29 is 19.4 Å². The summed E-state index contributed by atoms with van der Waals surface area (Å²) in [6.45, 7) is 4.32. The van der Waals surface area contributed by atoms with Gasteiger partial charge < -0.3 is 19.4 Å². The fraction of sp³-hybridized carbons (Fsp3) is 1.00. The molecule has 0 saturated carbocycles. The van der Waals surface area contributed by atoms with Gasteiger partial charge in [0.05, 0.1) is 13.2 Å². The smallest absolute Gasteiger partial charge is 0.327 e. The third-order valence-corrected chi connectivity index (χ3v) is 2.99. The molecule has 0 aromatic carbocycles. The lowest BCUT2D eigenvalue weighted by Gasteiger charge is -2.30. The SMILES string of the molecule is CCCCC(CC)(CO)COP(O)O. The highest BCUT2D eigenvalue weighted by Crippen LogP contribution is 2.34. The second kappa shape index (κ2) is 7.55. The van der Waals surface area contributed by atoms with Crippen LogP contribution in [0.5, 0.6) is 0 Å². The molecule has 0 saturated heterocycles. The molecule has 0 fully saturated rings. The van der Waals surface area contributed by atoms with E-state index in [0.29, 0.717) is 0 Å². The molecule has 4 nitrogen and oxygen atoms in total. The van der Waals surface area contributed by atoms with E-state index >= 15 is 0 Å². The Morgan fingerprint density at radius 1 is 1.29 bits per heavy atom. The first-order valence-corrected chi connectivity index (χ1v) is 6.18. The zero-order chi connectivity index (χ0) is 11.0. The molecule has 0 aromatic heterocycles. The van der Waals surface area contributed by atoms with Gasteiger partial charge in [0, 0.05) is 5.41 Å². The molecule has 0 amide bonds. The molecule has 1 unspecified atom stereocenters. The number of hydrogen-bond acceptors (Lipinski definition) is 4. The van der Waals surface area contributed by atoms with E-state index in [1.807, 2.05) is 6.92 Å². The first kappa shape index (κ1) is 14.3. The molecule has 0 rings (SSSR count). The maximum Gasteiger partial charge on any atom is 0.327 e. The number of unbranched alkanes of at least 4 members (excludes halogenated alkanes) is 1. The van der Waals surface area contributed by atoms with Crippen molar-refractivity contribution in [3.05, 3.63) is 0 Å². The molecule has 0 radical (unpaired) electrons. The van der Waals surface area contributed by atoms with Crippen LogP contribution in [0.2, 0.25) is 0 Å². The molecule has 0 spiro atoms. The first-order valence-electron chi connectivity index (χ1n) is 5.02. The van der Waals surface area contributed by atoms with E-state index in [4.69, 9.17) is 14.3 Å². The minimum absolute atomic E-state index is 0.0344. The van der Waals surface area contributed by atoms with E-state index in [0.717, 1.165) is 25.7 Å². The molecule has 0 heterocycles. The van der Waals surface area contributed by atoms with Gasteiger partial charge in [-0.1, -0.05) is 26.7 Å². The quantitative estimate of drug-likeness (QED) is 0.550. The predicted molar refractivity (Wildman–Crippen MR) is 56.6 cm³/mol. The molecule has 3 N–H and O–H groups in total. The van der Waals surface area contributed by atoms with Crippen molar-refractivity contribution in [3.8, 4) is 0 Å². The van der Waals surface area contributed by atoms with Crippen LogP contribution in [0.4, 0.5) is 0 Å². The Balaban J connectivity index is 4.07. The van der Waals surface area contributed by atoms with Crippen LogP contribution in [0.15, 0.2) is 0 Å². The number of aliphatic hydroxyl groups is 1. The second-order valence-corrected chi connectivity index (χ2v) is 4.41. The van der Waals surface area contributed by atoms with E-state index < -0.39 is 8.60 Å². The molecule has 0 aliphatic carbocycles. The van der Waals surface area contributed by atoms with Crippen molar-refractivity contribution in [3.63, 3.8) is 0 Å². The molecule has 86 valence electrons. The van der Waals surface area contributed by atoms with E-state index in [-0.39, 0.29) is 18.6 Å². The van der Waals surface area contributed by atoms with Crippen molar-refractivity contribution in [2.75, 3.05) is 13.2 Å². The molecule has 14 heavy (non-hydrogen) atoms. The summed E-state index contributed by atoms with van der Waals surface area (Å²) in [7, 11) is -2.30. The topological polar surface area (TPSA) is 69.9 Å². The van der Waals surface area contributed by atoms with Crippen molar-refractivity contribution in [2.24, 2.45) is 5.41 Å². The van der Waals surface area contributed by atoms with Crippen LogP contribution < -0.4 is 0 Å². The highest BCUT2D eigenvalue weighted by Gasteiger charge is 2.28. The predicted octanol–water partition coefficient (Wildman–Crippen LogP) is 1.79. The lowest BCUT2D eigenvalue weighted by molar-refractivity contribution is 0.0474. The molecular weight excluding hydrogens is 203 g/mol. The van der Waals surface area contributed by atoms with Crippen LogP contribution in [-0.4, -0.2) is 28.1 Å². The lowest BCUT2D eigenvalue weighted by atomic mass is 9.82. The molecule has 0 bridgehead atoms. The van der Waals surface area contributed by atoms with Crippen molar-refractivity contribution in [2.45, 2.75) is 39.5 Å². The second-order valence-electron chi connectivity index (χ2n) is 3.64. The van der Waals surface area contributed by atoms with Gasteiger partial charge in [-0.2, -0.15) is 0 Å². The largest absolute Gasteiger partial charge is 0.396 e. The minimum Gasteiger partial charge on any atom is -0.396 e. The van der Waals surface area contributed by atoms with E-state index in [1.165, 1.54) is 0 Å². The molecule has 5 heteroatoms. The average molecular weight is 224 g/mol. The lowest BCUT2D eigenvalue weighted by Crippen LogP contribution is -2.29. The van der Waals surface area contributed by atoms with Crippen molar-refractivity contribution >= 4 is 8.60 Å². The van der Waals surface area contributed by atoms with Crippen LogP contribution in [0, 0.1) is 5.41 Å². The van der Waals surface area contributed by atoms with E-state index in [9.17, 15) is 5.11 Å². The Hall–Kier alpha value is 0.270. The third kappa shape index (κ3) is 5.23. The van der Waals surface area contributed by atoms with Gasteiger partial charge in [-0.25, -0.2) is 0 Å². The van der Waals surface area contributed by atoms with Crippen molar-refractivity contribution in [1.82, 2.24) is 0 Å². The summed E-state index contributed by atoms with van der Waals surface area (Å²) in [4.78, 5) is 17.3. The Bertz CT molecular complexity index is 137. The number of aliphatic hydroxyl groups excluding tert-OH is 1. The summed E-state index contributed by atoms with van der Waals surface area (Å²) < 4.78 is 4.80. The normalized spacial score (nSPS) is 15.9. The average Bonchev–Trinajstić information content (AvgIpc) is 2.19. The fourth-order valence-electron chi connectivity index (χ4n) is 1.33. The monoisotopic (exact) mass is 224 g/mol. The standard InChI is InChI=1S/C9H21O4P/c1-3-5-6-9(4-2,7-10)8-13-14(11)12/h10-12H,3-8H2,1-2H3. The van der Waals surface area contributed by atoms with Gasteiger partial charge in [0.2, 0.25) is 0 Å². The number of rotatable bonds is 8. The molecule has 1 atom stereocenters. The minimum atomic E-state index is -2.30. The Morgan fingerprint density at radius 3 is 2.29 bits per heavy atom. The van der Waals surface area contributed by atoms with E-state index in [2.05, 4.69) is 6.92 Å². The molecule has 0 aliphatic heterocycles. The Kier molecular flexibility index (Phi) is 7.69. The van der Waals surface area contributed by atoms with Gasteiger partial charge in [-0.3, -0.25) is 0 Å². The summed E-state index contributed by atoms with van der Waals surface area (Å²) in [6.07, 6.45) is 3.73. The zero-order valence-corrected chi connectivity index (χ0v) is 9.83. The fourth-order valence-corrected chi connectivity index (χ4v) is 1.72. The van der Waals surface area contributed by atoms with Gasteiger partial charge in [-0.05, 0) is 12.8 Å². The Labute approximate surface area is 86.9 Å². The van der Waals surface area contributed by atoms with Gasteiger partial charge in [0.1, 0.15) is 0 Å².